The van der Waals surface area contributed by atoms with E-state index in [1.165, 1.54) is 0 Å². The molecule has 148 valence electrons. The normalized spacial score (nSPS) is 17.7. The van der Waals surface area contributed by atoms with Gasteiger partial charge in [0.2, 0.25) is 0 Å². The average Bonchev–Trinajstić information content (AvgIpc) is 2.79. The zero-order valence-electron chi connectivity index (χ0n) is 16.0. The quantitative estimate of drug-likeness (QED) is 0.834. The number of carbonyl (C=O) groups excluding carboxylic acids is 1. The van der Waals surface area contributed by atoms with Gasteiger partial charge in [-0.25, -0.2) is 9.97 Å². The number of morpholine rings is 1. The molecule has 8 heteroatoms. The number of nitrogens with zero attached hydrogens (tertiary/aromatic N) is 5. The minimum absolute atomic E-state index is 0.0694. The van der Waals surface area contributed by atoms with Crippen molar-refractivity contribution in [3.05, 3.63) is 47.8 Å². The lowest BCUT2D eigenvalue weighted by molar-refractivity contribution is 0.0746. The van der Waals surface area contributed by atoms with Crippen LogP contribution in [0.5, 0.6) is 0 Å². The molecule has 0 atom stereocenters. The van der Waals surface area contributed by atoms with Crippen LogP contribution in [0.4, 0.5) is 11.6 Å². The second kappa shape index (κ2) is 8.53. The molecule has 2 fully saturated rings. The Kier molecular flexibility index (Phi) is 5.68. The molecular weight excluding hydrogens is 356 g/mol. The molecule has 0 bridgehead atoms. The highest BCUT2D eigenvalue weighted by atomic mass is 16.5. The molecule has 0 spiro atoms. The summed E-state index contributed by atoms with van der Waals surface area (Å²) in [5, 5.41) is 0. The molecule has 4 rings (SSSR count). The van der Waals surface area contributed by atoms with Crippen molar-refractivity contribution in [2.75, 3.05) is 62.3 Å². The van der Waals surface area contributed by atoms with E-state index in [1.807, 2.05) is 35.2 Å². The third kappa shape index (κ3) is 4.07. The molecule has 2 aliphatic rings. The molecule has 2 aromatic rings. The molecule has 0 saturated carbocycles. The molecule has 0 radical (unpaired) electrons. The van der Waals surface area contributed by atoms with Gasteiger partial charge in [0.05, 0.1) is 13.2 Å². The van der Waals surface area contributed by atoms with Gasteiger partial charge in [0.15, 0.2) is 0 Å². The molecule has 1 aromatic carbocycles. The number of nitrogens with two attached hydrogens (primary N) is 1. The topological polar surface area (TPSA) is 87.8 Å². The van der Waals surface area contributed by atoms with E-state index in [0.717, 1.165) is 56.6 Å². The van der Waals surface area contributed by atoms with Gasteiger partial charge in [0.25, 0.3) is 5.91 Å². The van der Waals surface area contributed by atoms with Crippen LogP contribution in [0.2, 0.25) is 0 Å². The van der Waals surface area contributed by atoms with Crippen molar-refractivity contribution in [3.63, 3.8) is 0 Å². The molecule has 3 heterocycles. The first-order valence-corrected chi connectivity index (χ1v) is 9.72. The van der Waals surface area contributed by atoms with Crippen molar-refractivity contribution in [1.29, 1.82) is 0 Å². The highest BCUT2D eigenvalue weighted by Crippen LogP contribution is 2.20. The summed E-state index contributed by atoms with van der Waals surface area (Å²) in [7, 11) is 0. The van der Waals surface area contributed by atoms with Crippen LogP contribution in [0.3, 0.4) is 0 Å². The first-order chi connectivity index (χ1) is 13.7. The predicted octanol–water partition coefficient (Wildman–Crippen LogP) is 0.734. The van der Waals surface area contributed by atoms with E-state index in [1.54, 1.807) is 6.33 Å². The predicted molar refractivity (Wildman–Crippen MR) is 108 cm³/mol. The van der Waals surface area contributed by atoms with Crippen LogP contribution in [-0.2, 0) is 11.3 Å². The summed E-state index contributed by atoms with van der Waals surface area (Å²) in [5.41, 5.74) is 7.37. The van der Waals surface area contributed by atoms with E-state index in [0.29, 0.717) is 25.2 Å². The van der Waals surface area contributed by atoms with Crippen molar-refractivity contribution in [1.82, 2.24) is 14.9 Å². The van der Waals surface area contributed by atoms with Crippen molar-refractivity contribution in [3.8, 4) is 0 Å². The van der Waals surface area contributed by atoms with E-state index in [4.69, 9.17) is 10.5 Å². The Morgan fingerprint density at radius 2 is 1.54 bits per heavy atom. The van der Waals surface area contributed by atoms with E-state index >= 15 is 0 Å². The Labute approximate surface area is 164 Å². The van der Waals surface area contributed by atoms with Gasteiger partial charge in [0, 0.05) is 57.4 Å². The minimum atomic E-state index is 0.0694. The molecule has 0 aliphatic carbocycles. The standard InChI is InChI=1S/C20H26N6O2/c21-14-16-1-3-17(4-2-16)20(27)26-7-5-24(6-8-26)18-13-19(23-15-22-18)25-9-11-28-12-10-25/h1-4,13,15H,5-12,14,21H2. The maximum Gasteiger partial charge on any atom is 0.253 e. The largest absolute Gasteiger partial charge is 0.378 e. The van der Waals surface area contributed by atoms with Crippen LogP contribution < -0.4 is 15.5 Å². The van der Waals surface area contributed by atoms with Gasteiger partial charge < -0.3 is 25.2 Å². The fourth-order valence-electron chi connectivity index (χ4n) is 3.58. The van der Waals surface area contributed by atoms with Gasteiger partial charge in [-0.05, 0) is 17.7 Å². The molecular formula is C20H26N6O2. The SMILES string of the molecule is NCc1ccc(C(=O)N2CCN(c3cc(N4CCOCC4)ncn3)CC2)cc1. The minimum Gasteiger partial charge on any atom is -0.378 e. The maximum absolute atomic E-state index is 12.7. The third-order valence-electron chi connectivity index (χ3n) is 5.30. The van der Waals surface area contributed by atoms with Crippen molar-refractivity contribution in [2.45, 2.75) is 6.54 Å². The number of hydrogen-bond acceptors (Lipinski definition) is 7. The number of hydrogen-bond donors (Lipinski definition) is 1. The van der Waals surface area contributed by atoms with Crippen molar-refractivity contribution >= 4 is 17.5 Å². The highest BCUT2D eigenvalue weighted by molar-refractivity contribution is 5.94. The fourth-order valence-corrected chi connectivity index (χ4v) is 3.58. The number of anilines is 2. The zero-order valence-corrected chi connectivity index (χ0v) is 16.0. The number of rotatable bonds is 4. The molecule has 1 amide bonds. The Balaban J connectivity index is 1.37. The Bertz CT molecular complexity index is 799. The van der Waals surface area contributed by atoms with Crippen molar-refractivity contribution in [2.24, 2.45) is 5.73 Å². The first kappa shape index (κ1) is 18.6. The lowest BCUT2D eigenvalue weighted by Crippen LogP contribution is -2.49. The number of amides is 1. The lowest BCUT2D eigenvalue weighted by Gasteiger charge is -2.36. The summed E-state index contributed by atoms with van der Waals surface area (Å²) >= 11 is 0. The van der Waals surface area contributed by atoms with E-state index < -0.39 is 0 Å². The summed E-state index contributed by atoms with van der Waals surface area (Å²) < 4.78 is 5.41. The summed E-state index contributed by atoms with van der Waals surface area (Å²) in [6.45, 7) is 6.50. The summed E-state index contributed by atoms with van der Waals surface area (Å²) in [6, 6.07) is 9.58. The number of piperazine rings is 1. The zero-order chi connectivity index (χ0) is 19.3. The smallest absolute Gasteiger partial charge is 0.253 e. The van der Waals surface area contributed by atoms with Gasteiger partial charge in [-0.2, -0.15) is 0 Å². The highest BCUT2D eigenvalue weighted by Gasteiger charge is 2.23. The van der Waals surface area contributed by atoms with E-state index in [-0.39, 0.29) is 5.91 Å². The molecule has 0 unspecified atom stereocenters. The van der Waals surface area contributed by atoms with Gasteiger partial charge in [-0.15, -0.1) is 0 Å². The molecule has 1 aromatic heterocycles. The third-order valence-corrected chi connectivity index (χ3v) is 5.30. The molecule has 2 saturated heterocycles. The second-order valence-corrected chi connectivity index (χ2v) is 7.01. The fraction of sp³-hybridized carbons (Fsp3) is 0.450. The van der Waals surface area contributed by atoms with E-state index in [9.17, 15) is 4.79 Å². The summed E-state index contributed by atoms with van der Waals surface area (Å²) in [6.07, 6.45) is 1.62. The van der Waals surface area contributed by atoms with Gasteiger partial charge in [0.1, 0.15) is 18.0 Å². The van der Waals surface area contributed by atoms with Gasteiger partial charge >= 0.3 is 0 Å². The van der Waals surface area contributed by atoms with Crippen molar-refractivity contribution < 1.29 is 9.53 Å². The summed E-state index contributed by atoms with van der Waals surface area (Å²) in [4.78, 5) is 27.9. The molecule has 8 nitrogen and oxygen atoms in total. The first-order valence-electron chi connectivity index (χ1n) is 9.72. The Hall–Kier alpha value is -2.71. The van der Waals surface area contributed by atoms with Gasteiger partial charge in [-0.3, -0.25) is 4.79 Å². The van der Waals surface area contributed by atoms with Crippen LogP contribution in [-0.4, -0.2) is 73.3 Å². The maximum atomic E-state index is 12.7. The van der Waals surface area contributed by atoms with Crippen LogP contribution in [0.25, 0.3) is 0 Å². The Morgan fingerprint density at radius 1 is 0.929 bits per heavy atom. The summed E-state index contributed by atoms with van der Waals surface area (Å²) in [5.74, 6) is 1.92. The molecule has 2 N–H and O–H groups in total. The lowest BCUT2D eigenvalue weighted by atomic mass is 10.1. The second-order valence-electron chi connectivity index (χ2n) is 7.01. The number of aromatic nitrogens is 2. The molecule has 28 heavy (non-hydrogen) atoms. The van der Waals surface area contributed by atoms with E-state index in [2.05, 4.69) is 19.8 Å². The Morgan fingerprint density at radius 3 is 2.14 bits per heavy atom. The van der Waals surface area contributed by atoms with Crippen LogP contribution >= 0.6 is 0 Å². The molecule has 2 aliphatic heterocycles. The number of ether oxygens (including phenoxy) is 1. The van der Waals surface area contributed by atoms with Crippen LogP contribution in [0.15, 0.2) is 36.7 Å². The van der Waals surface area contributed by atoms with Gasteiger partial charge in [-0.1, -0.05) is 12.1 Å². The number of benzene rings is 1. The average molecular weight is 382 g/mol. The van der Waals surface area contributed by atoms with Crippen LogP contribution in [0.1, 0.15) is 15.9 Å². The number of carbonyl (C=O) groups is 1. The monoisotopic (exact) mass is 382 g/mol. The van der Waals surface area contributed by atoms with Crippen LogP contribution in [0, 0.1) is 0 Å².